The number of phenolic OH excluding ortho intramolecular Hbond substituents is 2. The third-order valence-corrected chi connectivity index (χ3v) is 14.2. The molecule has 0 radical (unpaired) electrons. The molecule has 5 N–H and O–H groups in total. The lowest BCUT2D eigenvalue weighted by atomic mass is 9.78. The molecule has 0 aliphatic carbocycles. The van der Waals surface area contributed by atoms with Crippen LogP contribution in [-0.2, 0) is 30.3 Å². The van der Waals surface area contributed by atoms with Crippen molar-refractivity contribution in [3.05, 3.63) is 80.1 Å². The molecule has 4 bridgehead atoms. The number of piperidine rings is 1. The van der Waals surface area contributed by atoms with E-state index in [1.54, 1.807) is 51.3 Å². The number of benzene rings is 2. The first-order valence-corrected chi connectivity index (χ1v) is 22.8. The molecule has 9 atom stereocenters. The Morgan fingerprint density at radius 2 is 1.68 bits per heavy atom. The number of aromatic nitrogens is 2. The maximum atomic E-state index is 14.8. The quantitative estimate of drug-likeness (QED) is 0.100. The second-order valence-electron chi connectivity index (χ2n) is 18.7. The molecule has 5 heterocycles. The number of aryl methyl sites for hydroxylation is 1. The standard InChI is InChI=1S/C48H61N7O13/c1-23-12-11-13-24(2)46(62)50-38-37-36(51-48(52-37)15-17-53(18-16-48)19-20-54-29(7)49-22-32(54)55(63)64)33-34(42(38)60)41(59)28(6)44-35(33)45(61)47(9,68-44)66-21-14-31(65-10)25(3)43(67-30(8)56)27(5)40(58)26(4)39(23)57/h11-14,21-23,25-27,31,39-40,43,51,57-60H,15-20H2,1-10H3/b12-11-,21-14-,24-13-,50-38?/t23-,25+,26+,27+,31-,39-,40+,43+,47-/m0/s1. The number of carbonyl (C=O) groups excluding carboxylic acids is 3. The van der Waals surface area contributed by atoms with E-state index >= 15 is 0 Å². The van der Waals surface area contributed by atoms with Crippen LogP contribution in [0.3, 0.4) is 0 Å². The van der Waals surface area contributed by atoms with Crippen molar-refractivity contribution in [2.45, 2.75) is 118 Å². The number of ether oxygens (including phenoxy) is 4. The molecule has 1 amide bonds. The van der Waals surface area contributed by atoms with Crippen LogP contribution >= 0.6 is 0 Å². The van der Waals surface area contributed by atoms with E-state index in [-0.39, 0.29) is 55.4 Å². The van der Waals surface area contributed by atoms with Crippen molar-refractivity contribution in [1.82, 2.24) is 14.5 Å². The van der Waals surface area contributed by atoms with Crippen LogP contribution in [0.4, 0.5) is 11.5 Å². The number of aromatic hydroxyl groups is 2. The topological polar surface area (TPSA) is 270 Å². The summed E-state index contributed by atoms with van der Waals surface area (Å²) < 4.78 is 25.6. The number of imidazole rings is 1. The third-order valence-electron chi connectivity index (χ3n) is 14.2. The number of allylic oxidation sites excluding steroid dienone is 2. The van der Waals surface area contributed by atoms with Gasteiger partial charge in [-0.25, -0.2) is 14.5 Å². The van der Waals surface area contributed by atoms with E-state index < -0.39 is 93.6 Å². The minimum atomic E-state index is -2.01. The number of aliphatic hydroxyl groups excluding tert-OH is 2. The number of nitrogens with zero attached hydrogens (tertiary/aromatic N) is 6. The fourth-order valence-corrected chi connectivity index (χ4v) is 9.88. The number of Topliss-reactive ketones (excluding diaryl/α,β-unsaturated/α-hetero) is 1. The van der Waals surface area contributed by atoms with E-state index in [0.717, 1.165) is 0 Å². The van der Waals surface area contributed by atoms with Crippen molar-refractivity contribution in [3.8, 4) is 17.2 Å². The molecule has 0 unspecified atom stereocenters. The van der Waals surface area contributed by atoms with Gasteiger partial charge in [-0.1, -0.05) is 45.9 Å². The van der Waals surface area contributed by atoms with Crippen LogP contribution in [-0.4, -0.2) is 120 Å². The Morgan fingerprint density at radius 1 is 0.985 bits per heavy atom. The zero-order valence-corrected chi connectivity index (χ0v) is 40.0. The molecule has 366 valence electrons. The lowest BCUT2D eigenvalue weighted by Crippen LogP contribution is -2.47. The van der Waals surface area contributed by atoms with Gasteiger partial charge in [0.15, 0.2) is 11.6 Å². The highest BCUT2D eigenvalue weighted by Gasteiger charge is 2.51. The average molecular weight is 944 g/mol. The van der Waals surface area contributed by atoms with Gasteiger partial charge in [-0.2, -0.15) is 0 Å². The summed E-state index contributed by atoms with van der Waals surface area (Å²) in [7, 11) is 1.45. The van der Waals surface area contributed by atoms with Crippen LogP contribution in [0.2, 0.25) is 0 Å². The van der Waals surface area contributed by atoms with Crippen molar-refractivity contribution < 1.29 is 58.7 Å². The predicted octanol–water partition coefficient (Wildman–Crippen LogP) is 4.21. The van der Waals surface area contributed by atoms with Gasteiger partial charge in [-0.15, -0.1) is 0 Å². The number of rotatable bonds is 6. The minimum absolute atomic E-state index is 0.00394. The van der Waals surface area contributed by atoms with Crippen molar-refractivity contribution in [1.29, 1.82) is 0 Å². The molecule has 3 aromatic rings. The molecule has 20 heteroatoms. The zero-order valence-electron chi connectivity index (χ0n) is 40.0. The van der Waals surface area contributed by atoms with Crippen LogP contribution in [0.25, 0.3) is 10.8 Å². The number of fused-ring (bicyclic) bond motifs is 1. The van der Waals surface area contributed by atoms with E-state index in [1.165, 1.54) is 59.4 Å². The number of nitro groups is 1. The Balaban J connectivity index is 1.34. The minimum Gasteiger partial charge on any atom is -0.507 e. The number of hydrogen-bond acceptors (Lipinski definition) is 17. The Kier molecular flexibility index (Phi) is 13.9. The van der Waals surface area contributed by atoms with Gasteiger partial charge in [-0.05, 0) is 24.8 Å². The summed E-state index contributed by atoms with van der Waals surface area (Å²) in [6.07, 6.45) is 5.65. The largest absolute Gasteiger partial charge is 0.507 e. The number of phenols is 2. The van der Waals surface area contributed by atoms with Gasteiger partial charge in [0.2, 0.25) is 0 Å². The summed E-state index contributed by atoms with van der Waals surface area (Å²) in [5.74, 6) is -7.14. The fraction of sp³-hybridized carbons (Fsp3) is 0.542. The molecule has 1 spiro atoms. The zero-order chi connectivity index (χ0) is 49.7. The summed E-state index contributed by atoms with van der Waals surface area (Å²) in [6, 6.07) is 0. The molecule has 0 saturated carbocycles. The van der Waals surface area contributed by atoms with E-state index in [9.17, 15) is 44.9 Å². The van der Waals surface area contributed by atoms with Crippen molar-refractivity contribution in [2.75, 3.05) is 32.1 Å². The SMILES string of the molecule is CO[C@H]1/C=C\O[C@@]2(C)Oc3c(C)c(O)c4c(O)c(c5c(c4c3C2=O)NC2(CCN(CCn3c([N+](=O)[O-])cnc3C)CC2)N=5)=NC(=O)/C(C)=C\C=C/[C@H](C)[C@H](O)[C@@H](C)[C@@H](O)[C@@H](C)[C@H](OC(C)=O)[C@@H]1C. The molecule has 20 nitrogen and oxygen atoms in total. The van der Waals surface area contributed by atoms with Crippen molar-refractivity contribution in [2.24, 2.45) is 33.7 Å². The maximum Gasteiger partial charge on any atom is 0.342 e. The normalized spacial score (nSPS) is 30.4. The van der Waals surface area contributed by atoms with Crippen molar-refractivity contribution in [3.63, 3.8) is 0 Å². The summed E-state index contributed by atoms with van der Waals surface area (Å²) in [5, 5.41) is 62.0. The van der Waals surface area contributed by atoms with Gasteiger partial charge >= 0.3 is 17.6 Å². The number of likely N-dealkylation sites (tertiary alicyclic amines) is 1. The van der Waals surface area contributed by atoms with Gasteiger partial charge in [0.25, 0.3) is 11.7 Å². The summed E-state index contributed by atoms with van der Waals surface area (Å²) in [6.45, 7) is 16.1. The number of amides is 1. The predicted molar refractivity (Wildman–Crippen MR) is 246 cm³/mol. The molecule has 1 aromatic heterocycles. The molecule has 4 aliphatic rings. The number of carbonyl (C=O) groups is 3. The van der Waals surface area contributed by atoms with Gasteiger partial charge in [-0.3, -0.25) is 24.3 Å². The average Bonchev–Trinajstić information content (AvgIpc) is 3.95. The molecule has 1 fully saturated rings. The summed E-state index contributed by atoms with van der Waals surface area (Å²) in [4.78, 5) is 68.2. The molecule has 4 aliphatic heterocycles. The Morgan fingerprint density at radius 3 is 2.32 bits per heavy atom. The number of hydrogen-bond donors (Lipinski definition) is 5. The second kappa shape index (κ2) is 19.0. The lowest BCUT2D eigenvalue weighted by molar-refractivity contribution is -0.392. The van der Waals surface area contributed by atoms with Crippen molar-refractivity contribution >= 4 is 39.9 Å². The van der Waals surface area contributed by atoms with E-state index in [2.05, 4.69) is 20.2 Å². The second-order valence-corrected chi connectivity index (χ2v) is 18.7. The van der Waals surface area contributed by atoms with Crippen LogP contribution in [0.15, 0.2) is 52.3 Å². The first kappa shape index (κ1) is 49.7. The maximum absolute atomic E-state index is 14.8. The highest BCUT2D eigenvalue weighted by atomic mass is 16.7. The Labute approximate surface area is 392 Å². The van der Waals surface area contributed by atoms with Crippen LogP contribution in [0.1, 0.15) is 83.1 Å². The van der Waals surface area contributed by atoms with E-state index in [1.807, 2.05) is 0 Å². The lowest BCUT2D eigenvalue weighted by Gasteiger charge is -2.38. The molecule has 68 heavy (non-hydrogen) atoms. The van der Waals surface area contributed by atoms with Crippen LogP contribution < -0.4 is 20.8 Å². The van der Waals surface area contributed by atoms with E-state index in [4.69, 9.17) is 23.9 Å². The van der Waals surface area contributed by atoms with Crippen LogP contribution in [0, 0.1) is 47.6 Å². The van der Waals surface area contributed by atoms with Gasteiger partial charge in [0.05, 0.1) is 41.2 Å². The molecular formula is C48H61N7O13. The highest BCUT2D eigenvalue weighted by molar-refractivity contribution is 6.21. The molecular weight excluding hydrogens is 883 g/mol. The van der Waals surface area contributed by atoms with Gasteiger partial charge < -0.3 is 54.8 Å². The van der Waals surface area contributed by atoms with E-state index in [0.29, 0.717) is 44.8 Å². The number of nitrogens with one attached hydrogen (secondary N) is 1. The molecule has 2 aromatic carbocycles. The number of anilines is 1. The first-order valence-electron chi connectivity index (χ1n) is 22.8. The Bertz CT molecular complexity index is 2760. The third kappa shape index (κ3) is 8.97. The van der Waals surface area contributed by atoms with Gasteiger partial charge in [0.1, 0.15) is 46.7 Å². The van der Waals surface area contributed by atoms with Gasteiger partial charge in [0, 0.05) is 101 Å². The number of ketones is 1. The fourth-order valence-electron chi connectivity index (χ4n) is 9.88. The molecule has 7 rings (SSSR count). The number of esters is 1. The Hall–Kier alpha value is -6.22. The molecule has 1 saturated heterocycles. The number of methoxy groups -OCH3 is 1. The summed E-state index contributed by atoms with van der Waals surface area (Å²) in [5.41, 5.74) is -0.539. The number of aliphatic hydroxyl groups is 2. The first-order chi connectivity index (χ1) is 32.0. The highest BCUT2D eigenvalue weighted by Crippen LogP contribution is 2.51. The van der Waals surface area contributed by atoms with Crippen LogP contribution in [0.5, 0.6) is 17.2 Å². The monoisotopic (exact) mass is 943 g/mol. The smallest absolute Gasteiger partial charge is 0.342 e. The summed E-state index contributed by atoms with van der Waals surface area (Å²) >= 11 is 0.